The van der Waals surface area contributed by atoms with Gasteiger partial charge >= 0.3 is 0 Å². The van der Waals surface area contributed by atoms with Crippen LogP contribution in [0, 0.1) is 0 Å². The third kappa shape index (κ3) is 2.70. The lowest BCUT2D eigenvalue weighted by molar-refractivity contribution is -0.116. The number of para-hydroxylation sites is 1. The molecule has 0 spiro atoms. The van der Waals surface area contributed by atoms with Crippen molar-refractivity contribution < 1.29 is 4.79 Å². The molecule has 0 bridgehead atoms. The zero-order valence-electron chi connectivity index (χ0n) is 13.0. The van der Waals surface area contributed by atoms with E-state index in [0.29, 0.717) is 31.8 Å². The van der Waals surface area contributed by atoms with E-state index in [-0.39, 0.29) is 5.91 Å². The smallest absolute Gasteiger partial charge is 0.276 e. The van der Waals surface area contributed by atoms with Crippen LogP contribution in [0.5, 0.6) is 0 Å². The predicted octanol–water partition coefficient (Wildman–Crippen LogP) is 2.50. The number of hydrogen-bond donors (Lipinski definition) is 1. The second-order valence-corrected chi connectivity index (χ2v) is 7.02. The van der Waals surface area contributed by atoms with Gasteiger partial charge in [0.25, 0.3) is 5.91 Å². The summed E-state index contributed by atoms with van der Waals surface area (Å²) in [6, 6.07) is 12.7. The van der Waals surface area contributed by atoms with Gasteiger partial charge in [0, 0.05) is 20.8 Å². The van der Waals surface area contributed by atoms with Gasteiger partial charge in [0.1, 0.15) is 5.70 Å². The molecule has 0 aliphatic carbocycles. The van der Waals surface area contributed by atoms with E-state index >= 15 is 0 Å². The third-order valence-corrected chi connectivity index (χ3v) is 5.20. The maximum Gasteiger partial charge on any atom is 0.276 e. The lowest BCUT2D eigenvalue weighted by Crippen LogP contribution is -2.50. The monoisotopic (exact) mass is 390 g/mol. The number of rotatable bonds is 1. The van der Waals surface area contributed by atoms with E-state index in [1.165, 1.54) is 11.8 Å². The summed E-state index contributed by atoms with van der Waals surface area (Å²) in [5, 5.41) is 11.8. The maximum absolute atomic E-state index is 12.7. The topological polar surface area (TPSA) is 57.1 Å². The summed E-state index contributed by atoms with van der Waals surface area (Å²) >= 11 is 14.1. The summed E-state index contributed by atoms with van der Waals surface area (Å²) in [6.07, 6.45) is 1.23. The SMILES string of the molecule is CSC1=NN2C(=c3ccccc3=N[C@H]2c2c(Cl)cccc2Cl)C(=O)N1. The van der Waals surface area contributed by atoms with Gasteiger partial charge in [0.15, 0.2) is 11.3 Å². The quantitative estimate of drug-likeness (QED) is 0.813. The van der Waals surface area contributed by atoms with E-state index in [2.05, 4.69) is 10.4 Å². The van der Waals surface area contributed by atoms with E-state index in [4.69, 9.17) is 28.2 Å². The Hall–Kier alpha value is -2.02. The van der Waals surface area contributed by atoms with E-state index in [1.807, 2.05) is 30.5 Å². The molecule has 2 aromatic rings. The largest absolute Gasteiger partial charge is 0.298 e. The van der Waals surface area contributed by atoms with Crippen molar-refractivity contribution in [2.75, 3.05) is 6.26 Å². The van der Waals surface area contributed by atoms with Crippen molar-refractivity contribution in [2.24, 2.45) is 10.1 Å². The van der Waals surface area contributed by atoms with Crippen LogP contribution in [-0.2, 0) is 4.79 Å². The summed E-state index contributed by atoms with van der Waals surface area (Å²) in [7, 11) is 0. The number of thioether (sulfide) groups is 1. The summed E-state index contributed by atoms with van der Waals surface area (Å²) in [6.45, 7) is 0. The molecule has 25 heavy (non-hydrogen) atoms. The molecular weight excluding hydrogens is 379 g/mol. The van der Waals surface area contributed by atoms with Crippen LogP contribution < -0.4 is 15.9 Å². The number of amidine groups is 1. The van der Waals surface area contributed by atoms with Crippen LogP contribution in [0.3, 0.4) is 0 Å². The normalized spacial score (nSPS) is 18.8. The van der Waals surface area contributed by atoms with Crippen molar-refractivity contribution in [1.29, 1.82) is 0 Å². The first kappa shape index (κ1) is 16.4. The fraction of sp³-hybridized carbons (Fsp3) is 0.118. The Morgan fingerprint density at radius 3 is 2.56 bits per heavy atom. The zero-order chi connectivity index (χ0) is 17.6. The number of carbonyl (C=O) groups is 1. The molecule has 0 unspecified atom stereocenters. The molecule has 2 aliphatic heterocycles. The van der Waals surface area contributed by atoms with Crippen molar-refractivity contribution in [3.63, 3.8) is 0 Å². The first-order valence-electron chi connectivity index (χ1n) is 7.44. The maximum atomic E-state index is 12.7. The first-order valence-corrected chi connectivity index (χ1v) is 9.42. The van der Waals surface area contributed by atoms with Gasteiger partial charge in [0.05, 0.1) is 5.36 Å². The molecular formula is C17H12Cl2N4OS. The van der Waals surface area contributed by atoms with Gasteiger partial charge in [-0.1, -0.05) is 59.2 Å². The zero-order valence-corrected chi connectivity index (χ0v) is 15.4. The Morgan fingerprint density at radius 2 is 1.84 bits per heavy atom. The number of fused-ring (bicyclic) bond motifs is 2. The third-order valence-electron chi connectivity index (χ3n) is 3.97. The number of halogens is 2. The van der Waals surface area contributed by atoms with Gasteiger partial charge in [-0.3, -0.25) is 15.1 Å². The molecule has 0 saturated heterocycles. The van der Waals surface area contributed by atoms with E-state index in [1.54, 1.807) is 23.2 Å². The second kappa shape index (κ2) is 6.37. The fourth-order valence-corrected chi connectivity index (χ4v) is 3.82. The second-order valence-electron chi connectivity index (χ2n) is 5.41. The molecule has 2 aliphatic rings. The predicted molar refractivity (Wildman–Crippen MR) is 101 cm³/mol. The average molecular weight is 391 g/mol. The molecule has 126 valence electrons. The summed E-state index contributed by atoms with van der Waals surface area (Å²) in [5.74, 6) is -0.227. The first-order chi connectivity index (χ1) is 12.1. The molecule has 1 amide bonds. The van der Waals surface area contributed by atoms with Crippen LogP contribution >= 0.6 is 35.0 Å². The van der Waals surface area contributed by atoms with Gasteiger partial charge in [-0.2, -0.15) is 0 Å². The Bertz CT molecular complexity index is 1020. The Balaban J connectivity index is 2.04. The average Bonchev–Trinajstić information content (AvgIpc) is 2.61. The lowest BCUT2D eigenvalue weighted by atomic mass is 10.1. The molecule has 0 aromatic heterocycles. The van der Waals surface area contributed by atoms with Crippen LogP contribution in [0.2, 0.25) is 10.0 Å². The molecule has 0 radical (unpaired) electrons. The van der Waals surface area contributed by atoms with E-state index < -0.39 is 6.17 Å². The Morgan fingerprint density at radius 1 is 1.12 bits per heavy atom. The van der Waals surface area contributed by atoms with Gasteiger partial charge < -0.3 is 0 Å². The van der Waals surface area contributed by atoms with Crippen LogP contribution in [-0.4, -0.2) is 22.3 Å². The van der Waals surface area contributed by atoms with Crippen molar-refractivity contribution in [1.82, 2.24) is 10.3 Å². The van der Waals surface area contributed by atoms with Crippen LogP contribution in [0.15, 0.2) is 52.6 Å². The minimum absolute atomic E-state index is 0.227. The summed E-state index contributed by atoms with van der Waals surface area (Å²) < 4.78 is 0. The number of carbonyl (C=O) groups excluding carboxylic acids is 1. The molecule has 8 heteroatoms. The van der Waals surface area contributed by atoms with Crippen LogP contribution in [0.25, 0.3) is 5.70 Å². The molecule has 1 atom stereocenters. The van der Waals surface area contributed by atoms with Gasteiger partial charge in [-0.25, -0.2) is 5.01 Å². The highest BCUT2D eigenvalue weighted by Gasteiger charge is 2.35. The highest BCUT2D eigenvalue weighted by atomic mass is 35.5. The fourth-order valence-electron chi connectivity index (χ4n) is 2.86. The van der Waals surface area contributed by atoms with Crippen molar-refractivity contribution in [3.05, 3.63) is 68.6 Å². The summed E-state index contributed by atoms with van der Waals surface area (Å²) in [4.78, 5) is 17.5. The van der Waals surface area contributed by atoms with Gasteiger partial charge in [-0.15, -0.1) is 5.10 Å². The van der Waals surface area contributed by atoms with Crippen molar-refractivity contribution in [3.8, 4) is 0 Å². The Labute approximate surface area is 158 Å². The molecule has 2 aromatic carbocycles. The van der Waals surface area contributed by atoms with E-state index in [0.717, 1.165) is 5.22 Å². The van der Waals surface area contributed by atoms with Crippen molar-refractivity contribution >= 4 is 51.7 Å². The Kier molecular flexibility index (Phi) is 4.19. The molecule has 2 heterocycles. The van der Waals surface area contributed by atoms with E-state index in [9.17, 15) is 4.79 Å². The number of nitrogens with one attached hydrogen (secondary N) is 1. The van der Waals surface area contributed by atoms with Crippen molar-refractivity contribution in [2.45, 2.75) is 6.17 Å². The van der Waals surface area contributed by atoms with Crippen LogP contribution in [0.4, 0.5) is 0 Å². The number of hydrogen-bond acceptors (Lipinski definition) is 5. The number of amides is 1. The highest BCUT2D eigenvalue weighted by Crippen LogP contribution is 2.38. The molecule has 5 nitrogen and oxygen atoms in total. The minimum atomic E-state index is -0.612. The minimum Gasteiger partial charge on any atom is -0.298 e. The molecule has 1 N–H and O–H groups in total. The summed E-state index contributed by atoms with van der Waals surface area (Å²) in [5.41, 5.74) is 1.06. The number of nitrogens with zero attached hydrogens (tertiary/aromatic N) is 3. The molecule has 0 saturated carbocycles. The van der Waals surface area contributed by atoms with Gasteiger partial charge in [-0.05, 0) is 24.5 Å². The number of hydrazone groups is 1. The van der Waals surface area contributed by atoms with Crippen LogP contribution in [0.1, 0.15) is 11.7 Å². The standard InChI is InChI=1S/C17H12Cl2N4OS/c1-25-17-21-16(24)14-9-5-2-3-8-12(9)20-15(23(14)22-17)13-10(18)6-4-7-11(13)19/h2-8,15H,1H3,(H,21,22,24)/t15-/m1/s1. The van der Waals surface area contributed by atoms with Gasteiger partial charge in [0.2, 0.25) is 0 Å². The molecule has 4 rings (SSSR count). The molecule has 0 fully saturated rings. The highest BCUT2D eigenvalue weighted by molar-refractivity contribution is 8.13. The lowest BCUT2D eigenvalue weighted by Gasteiger charge is -2.34. The number of benzene rings is 2.